The maximum atomic E-state index is 11.5. The molecule has 0 amide bonds. The number of fused-ring (bicyclic) bond motifs is 2. The fraction of sp³-hybridized carbons (Fsp3) is 0.583. The molecule has 4 heterocycles. The van der Waals surface area contributed by atoms with Gasteiger partial charge < -0.3 is 29.5 Å². The maximum absolute atomic E-state index is 11.5. The molecule has 0 radical (unpaired) electrons. The average Bonchev–Trinajstić information content (AvgIpc) is 3.06. The molecule has 2 aliphatic rings. The van der Waals surface area contributed by atoms with Crippen LogP contribution in [0.3, 0.4) is 0 Å². The normalized spacial score (nSPS) is 33.8. The van der Waals surface area contributed by atoms with Crippen LogP contribution >= 0.6 is 19.6 Å². The second-order valence-electron chi connectivity index (χ2n) is 5.50. The summed E-state index contributed by atoms with van der Waals surface area (Å²) in [6, 6.07) is 0. The predicted molar refractivity (Wildman–Crippen MR) is 84.5 cm³/mol. The smallest absolute Gasteiger partial charge is 0.756 e. The van der Waals surface area contributed by atoms with Crippen molar-refractivity contribution < 1.29 is 57.9 Å². The van der Waals surface area contributed by atoms with Crippen LogP contribution in [-0.4, -0.2) is 55.3 Å². The van der Waals surface area contributed by atoms with E-state index in [1.165, 1.54) is 18.1 Å². The van der Waals surface area contributed by atoms with Crippen molar-refractivity contribution in [3.63, 3.8) is 0 Å². The Balaban J connectivity index is 0.00000196. The van der Waals surface area contributed by atoms with E-state index in [2.05, 4.69) is 19.5 Å². The molecule has 0 bridgehead atoms. The van der Waals surface area contributed by atoms with Crippen LogP contribution in [0.4, 0.5) is 5.82 Å². The molecule has 4 rings (SSSR count). The number of hydrogen-bond donors (Lipinski definition) is 2. The minimum Gasteiger partial charge on any atom is -0.756 e. The van der Waals surface area contributed by atoms with E-state index in [1.54, 1.807) is 4.57 Å². The summed E-state index contributed by atoms with van der Waals surface area (Å²) in [4.78, 5) is 24.0. The minimum atomic E-state index is -4.44. The summed E-state index contributed by atoms with van der Waals surface area (Å²) >= 11 is 1.41. The molecule has 136 valence electrons. The Labute approximate surface area is 174 Å². The van der Waals surface area contributed by atoms with Crippen LogP contribution in [0.1, 0.15) is 13.2 Å². The minimum absolute atomic E-state index is 0. The summed E-state index contributed by atoms with van der Waals surface area (Å²) in [7, 11) is -4.44. The van der Waals surface area contributed by atoms with E-state index in [0.717, 1.165) is 0 Å². The van der Waals surface area contributed by atoms with Gasteiger partial charge in [0.05, 0.1) is 6.61 Å². The van der Waals surface area contributed by atoms with E-state index in [-0.39, 0.29) is 42.0 Å². The van der Waals surface area contributed by atoms with Crippen molar-refractivity contribution in [2.24, 2.45) is 0 Å². The summed E-state index contributed by atoms with van der Waals surface area (Å²) < 4.78 is 28.4. The number of phosphoric acid groups is 1. The van der Waals surface area contributed by atoms with E-state index >= 15 is 0 Å². The molecule has 0 aliphatic carbocycles. The maximum Gasteiger partial charge on any atom is 1.00 e. The van der Waals surface area contributed by atoms with Crippen molar-refractivity contribution in [3.05, 3.63) is 6.33 Å². The van der Waals surface area contributed by atoms with Gasteiger partial charge in [-0.1, -0.05) is 18.7 Å². The molecule has 14 heteroatoms. The first-order valence-corrected chi connectivity index (χ1v) is 9.94. The number of rotatable bonds is 3. The van der Waals surface area contributed by atoms with Gasteiger partial charge in [0.15, 0.2) is 28.4 Å². The van der Waals surface area contributed by atoms with Crippen LogP contribution in [0.25, 0.3) is 11.2 Å². The standard InChI is InChI=1S/C12H16N5O6PS.Na/c1-2-25-12-16-6-9(13)14-4-15-10(6)17(12)11-7(18)8-5(22-11)3-21-24(19,20)23-8;/h4-5,7-8,11,18H,2-3H2,1H3,(H,19,20)(H2,13,14,15);/q;+1/p-1/t5-,7-,8-,11-;/m1./s1. The molecular weight excluding hydrogens is 396 g/mol. The number of nitrogens with two attached hydrogens (primary N) is 1. The van der Waals surface area contributed by atoms with Crippen LogP contribution in [0, 0.1) is 0 Å². The first-order chi connectivity index (χ1) is 11.9. The Morgan fingerprint density at radius 3 is 3.04 bits per heavy atom. The molecule has 2 fully saturated rings. The fourth-order valence-corrected chi connectivity index (χ4v) is 4.60. The molecule has 2 aromatic rings. The van der Waals surface area contributed by atoms with Crippen LogP contribution < -0.4 is 40.2 Å². The summed E-state index contributed by atoms with van der Waals surface area (Å²) in [5.41, 5.74) is 6.63. The molecule has 1 unspecified atom stereocenters. The zero-order valence-electron chi connectivity index (χ0n) is 14.0. The molecule has 2 saturated heterocycles. The van der Waals surface area contributed by atoms with Crippen LogP contribution in [0.15, 0.2) is 11.5 Å². The van der Waals surface area contributed by atoms with Gasteiger partial charge in [-0.15, -0.1) is 0 Å². The number of hydrogen-bond acceptors (Lipinski definition) is 11. The van der Waals surface area contributed by atoms with Crippen molar-refractivity contribution in [2.45, 2.75) is 36.6 Å². The molecule has 26 heavy (non-hydrogen) atoms. The molecule has 0 saturated carbocycles. The number of aliphatic hydroxyl groups excluding tert-OH is 1. The number of imidazole rings is 1. The summed E-state index contributed by atoms with van der Waals surface area (Å²) in [5.74, 6) is 0.914. The zero-order valence-corrected chi connectivity index (χ0v) is 17.7. The number of phosphoric ester groups is 1. The first-order valence-electron chi connectivity index (χ1n) is 7.50. The van der Waals surface area contributed by atoms with Gasteiger partial charge in [0.1, 0.15) is 24.6 Å². The molecule has 11 nitrogen and oxygen atoms in total. The van der Waals surface area contributed by atoms with E-state index in [1.807, 2.05) is 6.92 Å². The number of nitrogens with zero attached hydrogens (tertiary/aromatic N) is 4. The third-order valence-corrected chi connectivity index (χ3v) is 5.76. The van der Waals surface area contributed by atoms with Gasteiger partial charge in [-0.05, 0) is 5.75 Å². The molecule has 5 atom stereocenters. The monoisotopic (exact) mass is 411 g/mol. The van der Waals surface area contributed by atoms with Gasteiger partial charge in [0, 0.05) is 0 Å². The van der Waals surface area contributed by atoms with Crippen molar-refractivity contribution in [2.75, 3.05) is 18.1 Å². The number of ether oxygens (including phenoxy) is 1. The number of aliphatic hydroxyl groups is 1. The number of thioether (sulfide) groups is 1. The molecule has 2 aliphatic heterocycles. The van der Waals surface area contributed by atoms with Gasteiger partial charge >= 0.3 is 29.6 Å². The van der Waals surface area contributed by atoms with E-state index in [9.17, 15) is 14.6 Å². The molecule has 0 spiro atoms. The fourth-order valence-electron chi connectivity index (χ4n) is 2.91. The van der Waals surface area contributed by atoms with Crippen molar-refractivity contribution in [3.8, 4) is 0 Å². The predicted octanol–water partition coefficient (Wildman–Crippen LogP) is -3.33. The third kappa shape index (κ3) is 3.44. The topological polar surface area (TPSA) is 158 Å². The quantitative estimate of drug-likeness (QED) is 0.296. The van der Waals surface area contributed by atoms with Gasteiger partial charge in [-0.3, -0.25) is 9.13 Å². The van der Waals surface area contributed by atoms with E-state index < -0.39 is 32.4 Å². The number of nitrogen functional groups attached to an aromatic ring is 1. The Morgan fingerprint density at radius 2 is 2.31 bits per heavy atom. The van der Waals surface area contributed by atoms with Crippen molar-refractivity contribution >= 4 is 36.6 Å². The molecule has 2 aromatic heterocycles. The Bertz CT molecular complexity index is 870. The Morgan fingerprint density at radius 1 is 1.54 bits per heavy atom. The summed E-state index contributed by atoms with van der Waals surface area (Å²) in [6.45, 7) is 1.72. The summed E-state index contributed by atoms with van der Waals surface area (Å²) in [6.07, 6.45) is -2.69. The van der Waals surface area contributed by atoms with Gasteiger partial charge in [-0.25, -0.2) is 15.0 Å². The number of anilines is 1. The third-order valence-electron chi connectivity index (χ3n) is 3.96. The van der Waals surface area contributed by atoms with Gasteiger partial charge in [0.25, 0.3) is 7.82 Å². The van der Waals surface area contributed by atoms with Gasteiger partial charge in [-0.2, -0.15) is 0 Å². The van der Waals surface area contributed by atoms with Crippen molar-refractivity contribution in [1.29, 1.82) is 0 Å². The average molecular weight is 411 g/mol. The second kappa shape index (κ2) is 7.63. The first kappa shape index (κ1) is 20.5. The van der Waals surface area contributed by atoms with Crippen LogP contribution in [0.5, 0.6) is 0 Å². The number of aromatic nitrogens is 4. The largest absolute Gasteiger partial charge is 1.00 e. The van der Waals surface area contributed by atoms with E-state index in [4.69, 9.17) is 15.0 Å². The Kier molecular flexibility index (Phi) is 6.00. The van der Waals surface area contributed by atoms with Crippen LogP contribution in [0.2, 0.25) is 0 Å². The molecule has 0 aromatic carbocycles. The SMILES string of the molecule is CCSc1nc2c(N)ncnc2n1[C@@H]1O[C@@H]2COP(=O)([O-])O[C@H]2[C@H]1O.[Na+]. The van der Waals surface area contributed by atoms with E-state index in [0.29, 0.717) is 22.1 Å². The molecule has 3 N–H and O–H groups in total. The zero-order chi connectivity index (χ0) is 17.8. The Hall–Kier alpha value is -0.270. The van der Waals surface area contributed by atoms with Crippen molar-refractivity contribution in [1.82, 2.24) is 19.5 Å². The van der Waals surface area contributed by atoms with Gasteiger partial charge in [0.2, 0.25) is 0 Å². The second-order valence-corrected chi connectivity index (χ2v) is 8.09. The van der Waals surface area contributed by atoms with Crippen LogP contribution in [-0.2, 0) is 18.3 Å². The molecular formula is C12H15N5NaO6PS. The summed E-state index contributed by atoms with van der Waals surface area (Å²) in [5, 5.41) is 11.1.